The molecule has 0 spiro atoms. The van der Waals surface area contributed by atoms with E-state index in [1.54, 1.807) is 0 Å². The number of aryl methyl sites for hydroxylation is 1. The Balaban J connectivity index is 2.22. The number of alkyl halides is 7. The number of carbonyl (C=O) groups excluding carboxylic acids is 2. The van der Waals surface area contributed by atoms with E-state index in [1.807, 2.05) is 0 Å². The minimum Gasteiger partial charge on any atom is -0.454 e. The summed E-state index contributed by atoms with van der Waals surface area (Å²) in [7, 11) is 0. The van der Waals surface area contributed by atoms with Crippen LogP contribution in [0, 0.1) is 0 Å². The average molecular weight is 568 g/mol. The van der Waals surface area contributed by atoms with Gasteiger partial charge >= 0.3 is 30.0 Å². The second-order valence-corrected chi connectivity index (χ2v) is 8.15. The summed E-state index contributed by atoms with van der Waals surface area (Å²) in [6.07, 6.45) is -24.9. The summed E-state index contributed by atoms with van der Waals surface area (Å²) >= 11 is 5.96. The van der Waals surface area contributed by atoms with Crippen molar-refractivity contribution in [2.45, 2.75) is 69.9 Å². The van der Waals surface area contributed by atoms with Gasteiger partial charge in [0, 0.05) is 20.4 Å². The molecular weight excluding hydrogens is 551 g/mol. The molecule has 1 fully saturated rings. The maximum atomic E-state index is 15.3. The number of fused-ring (bicyclic) bond motifs is 1. The fraction of sp³-hybridized carbons (Fsp3) is 0.611. The summed E-state index contributed by atoms with van der Waals surface area (Å²) < 4.78 is 110. The molecule has 206 valence electrons. The zero-order chi connectivity index (χ0) is 28.0. The van der Waals surface area contributed by atoms with Crippen LogP contribution >= 0.6 is 11.6 Å². The number of nitrogens with zero attached hydrogens (tertiary/aromatic N) is 4. The molecule has 2 aromatic rings. The van der Waals surface area contributed by atoms with Gasteiger partial charge in [-0.25, -0.2) is 13.8 Å². The molecule has 0 bridgehead atoms. The Kier molecular flexibility index (Phi) is 7.65. The number of nitrogens with two attached hydrogens (primary N) is 1. The number of ether oxygens (including phenoxy) is 3. The molecule has 1 saturated heterocycles. The number of carbonyl (C=O) groups is 2. The molecule has 0 aromatic carbocycles. The Labute approximate surface area is 206 Å². The summed E-state index contributed by atoms with van der Waals surface area (Å²) in [6.45, 7) is 0.337. The molecule has 3 rings (SSSR count). The van der Waals surface area contributed by atoms with Gasteiger partial charge in [-0.15, -0.1) is 0 Å². The summed E-state index contributed by atoms with van der Waals surface area (Å²) in [5, 5.41) is -0.607. The van der Waals surface area contributed by atoms with Gasteiger partial charge in [-0.1, -0.05) is 11.6 Å². The molecule has 0 aliphatic carbocycles. The van der Waals surface area contributed by atoms with Crippen LogP contribution in [0.3, 0.4) is 0 Å². The molecule has 3 heterocycles. The lowest BCUT2D eigenvalue weighted by Gasteiger charge is -2.26. The predicted molar refractivity (Wildman–Crippen MR) is 108 cm³/mol. The van der Waals surface area contributed by atoms with Crippen LogP contribution in [0.1, 0.15) is 26.5 Å². The fourth-order valence-electron chi connectivity index (χ4n) is 3.74. The minimum atomic E-state index is -5.38. The van der Waals surface area contributed by atoms with E-state index in [1.165, 1.54) is 0 Å². The second kappa shape index (κ2) is 9.96. The first kappa shape index (κ1) is 28.4. The van der Waals surface area contributed by atoms with Crippen molar-refractivity contribution in [1.82, 2.24) is 19.1 Å². The van der Waals surface area contributed by atoms with Crippen molar-refractivity contribution in [2.75, 3.05) is 5.73 Å². The third kappa shape index (κ3) is 5.89. The van der Waals surface area contributed by atoms with Crippen LogP contribution < -0.4 is 11.4 Å². The molecular formula is C18H17ClF7N5O6. The van der Waals surface area contributed by atoms with E-state index in [0.29, 0.717) is 16.1 Å². The molecule has 11 nitrogen and oxygen atoms in total. The number of halogens is 8. The van der Waals surface area contributed by atoms with Gasteiger partial charge in [0.1, 0.15) is 11.6 Å². The number of imidazole rings is 1. The van der Waals surface area contributed by atoms with Crippen molar-refractivity contribution in [1.29, 1.82) is 0 Å². The number of rotatable bonds is 6. The van der Waals surface area contributed by atoms with E-state index < -0.39 is 95.9 Å². The first-order valence-corrected chi connectivity index (χ1v) is 10.5. The molecule has 19 heteroatoms. The Morgan fingerprint density at radius 2 is 1.78 bits per heavy atom. The van der Waals surface area contributed by atoms with Crippen molar-refractivity contribution in [3.63, 3.8) is 0 Å². The molecule has 5 atom stereocenters. The first-order chi connectivity index (χ1) is 16.9. The molecule has 0 amide bonds. The standard InChI is InChI=1S/C18H17ClF7N5O6/c1-5(32)35-10-7(20)9(11(18(24,25)26)36-6(2)33)37-14(10)31-13-8(12(19)28-15(27)29-13)30(16(31)34)4-3-17(21,22)23/h7,9-11,14H,3-4H2,1-2H3,(H2,27,28,29)/t7?,9?,10?,11-,14?/m1/s1. The van der Waals surface area contributed by atoms with Gasteiger partial charge in [-0.05, 0) is 0 Å². The van der Waals surface area contributed by atoms with Gasteiger partial charge in [-0.3, -0.25) is 14.2 Å². The lowest BCUT2D eigenvalue weighted by atomic mass is 10.1. The van der Waals surface area contributed by atoms with Gasteiger partial charge in [-0.2, -0.15) is 36.3 Å². The van der Waals surface area contributed by atoms with Crippen LogP contribution in [-0.4, -0.2) is 67.9 Å². The Morgan fingerprint density at radius 3 is 2.30 bits per heavy atom. The zero-order valence-corrected chi connectivity index (χ0v) is 19.4. The van der Waals surface area contributed by atoms with Crippen LogP contribution in [0.15, 0.2) is 4.79 Å². The number of hydrogen-bond donors (Lipinski definition) is 1. The summed E-state index contributed by atoms with van der Waals surface area (Å²) in [4.78, 5) is 43.3. The summed E-state index contributed by atoms with van der Waals surface area (Å²) in [5.41, 5.74) is 2.94. The number of hydrogen-bond acceptors (Lipinski definition) is 9. The summed E-state index contributed by atoms with van der Waals surface area (Å²) in [6, 6.07) is 0. The van der Waals surface area contributed by atoms with Gasteiger partial charge < -0.3 is 19.9 Å². The van der Waals surface area contributed by atoms with Crippen LogP contribution in [-0.2, 0) is 30.3 Å². The Hall–Kier alpha value is -3.15. The molecule has 0 saturated carbocycles. The zero-order valence-electron chi connectivity index (χ0n) is 18.6. The SMILES string of the molecule is CC(=O)OC1C(F)C([C@@H](OC(C)=O)C(F)(F)F)OC1n1c(=O)n(CCC(F)(F)F)c2c(Cl)nc(N)nc21. The normalized spacial score (nSPS) is 23.3. The van der Waals surface area contributed by atoms with Gasteiger partial charge in [0.05, 0.1) is 6.42 Å². The Morgan fingerprint density at radius 1 is 1.16 bits per heavy atom. The number of aromatic nitrogens is 4. The minimum absolute atomic E-state index is 0.344. The van der Waals surface area contributed by atoms with E-state index in [4.69, 9.17) is 26.8 Å². The first-order valence-electron chi connectivity index (χ1n) is 10.1. The van der Waals surface area contributed by atoms with Gasteiger partial charge in [0.25, 0.3) is 0 Å². The van der Waals surface area contributed by atoms with Crippen LogP contribution in [0.25, 0.3) is 11.2 Å². The van der Waals surface area contributed by atoms with E-state index >= 15 is 4.39 Å². The fourth-order valence-corrected chi connectivity index (χ4v) is 4.01. The van der Waals surface area contributed by atoms with Crippen LogP contribution in [0.2, 0.25) is 5.15 Å². The predicted octanol–water partition coefficient (Wildman–Crippen LogP) is 2.44. The largest absolute Gasteiger partial charge is 0.454 e. The van der Waals surface area contributed by atoms with E-state index in [2.05, 4.69) is 14.7 Å². The van der Waals surface area contributed by atoms with Crippen LogP contribution in [0.4, 0.5) is 36.7 Å². The lowest BCUT2D eigenvalue weighted by Crippen LogP contribution is -2.47. The van der Waals surface area contributed by atoms with E-state index in [-0.39, 0.29) is 0 Å². The monoisotopic (exact) mass is 567 g/mol. The van der Waals surface area contributed by atoms with E-state index in [9.17, 15) is 40.7 Å². The second-order valence-electron chi connectivity index (χ2n) is 7.80. The Bertz CT molecular complexity index is 1260. The van der Waals surface area contributed by atoms with Gasteiger partial charge in [0.2, 0.25) is 12.1 Å². The molecule has 1 aliphatic heterocycles. The summed E-state index contributed by atoms with van der Waals surface area (Å²) in [5.74, 6) is -3.28. The maximum absolute atomic E-state index is 15.3. The number of anilines is 1. The highest BCUT2D eigenvalue weighted by molar-refractivity contribution is 6.33. The van der Waals surface area contributed by atoms with Gasteiger partial charge in [0.15, 0.2) is 29.3 Å². The number of esters is 2. The molecule has 2 aromatic heterocycles. The highest BCUT2D eigenvalue weighted by Crippen LogP contribution is 2.41. The quantitative estimate of drug-likeness (QED) is 0.316. The third-order valence-corrected chi connectivity index (χ3v) is 5.33. The molecule has 4 unspecified atom stereocenters. The highest BCUT2D eigenvalue weighted by atomic mass is 35.5. The maximum Gasteiger partial charge on any atom is 0.428 e. The van der Waals surface area contributed by atoms with Crippen molar-refractivity contribution < 1.29 is 54.5 Å². The average Bonchev–Trinajstić information content (AvgIpc) is 3.16. The van der Waals surface area contributed by atoms with Crippen molar-refractivity contribution in [3.8, 4) is 0 Å². The van der Waals surface area contributed by atoms with Crippen molar-refractivity contribution in [2.24, 2.45) is 0 Å². The smallest absolute Gasteiger partial charge is 0.428 e. The van der Waals surface area contributed by atoms with Crippen LogP contribution in [0.5, 0.6) is 0 Å². The molecule has 37 heavy (non-hydrogen) atoms. The lowest BCUT2D eigenvalue weighted by molar-refractivity contribution is -0.252. The number of nitrogen functional groups attached to an aromatic ring is 1. The molecule has 2 N–H and O–H groups in total. The third-order valence-electron chi connectivity index (χ3n) is 5.07. The van der Waals surface area contributed by atoms with Crippen molar-refractivity contribution in [3.05, 3.63) is 15.6 Å². The topological polar surface area (TPSA) is 141 Å². The van der Waals surface area contributed by atoms with Crippen molar-refractivity contribution >= 4 is 40.7 Å². The van der Waals surface area contributed by atoms with E-state index in [0.717, 1.165) is 6.92 Å². The highest BCUT2D eigenvalue weighted by Gasteiger charge is 2.60. The molecule has 1 aliphatic rings. The molecule has 0 radical (unpaired) electrons.